The molecule has 0 spiro atoms. The van der Waals surface area contributed by atoms with Crippen LogP contribution in [0.1, 0.15) is 22.9 Å². The van der Waals surface area contributed by atoms with Gasteiger partial charge in [0.1, 0.15) is 17.1 Å². The molecule has 28 heavy (non-hydrogen) atoms. The van der Waals surface area contributed by atoms with E-state index in [1.54, 1.807) is 24.4 Å². The highest BCUT2D eigenvalue weighted by molar-refractivity contribution is 6.33. The first kappa shape index (κ1) is 18.5. The molecule has 4 rings (SSSR count). The Bertz CT molecular complexity index is 1160. The first-order chi connectivity index (χ1) is 13.5. The number of nitrogens with zero attached hydrogens (tertiary/aromatic N) is 2. The summed E-state index contributed by atoms with van der Waals surface area (Å²) in [6.45, 7) is 1.92. The number of phenolic OH excluding ortho intramolecular Hbond substituents is 1. The van der Waals surface area contributed by atoms with Crippen molar-refractivity contribution in [1.82, 2.24) is 9.97 Å². The SMILES string of the molecule is Cc1cccc(NC(c2cc(Cl)ccc2Cl)c2ccc3cccnc3c2O)n1. The predicted octanol–water partition coefficient (Wildman–Crippen LogP) is 6.15. The van der Waals surface area contributed by atoms with Crippen LogP contribution in [0.25, 0.3) is 10.9 Å². The fraction of sp³-hybridized carbons (Fsp3) is 0.0909. The largest absolute Gasteiger partial charge is 0.505 e. The first-order valence-corrected chi connectivity index (χ1v) is 9.50. The number of aromatic nitrogens is 2. The second kappa shape index (κ2) is 7.66. The van der Waals surface area contributed by atoms with Gasteiger partial charge in [0, 0.05) is 32.9 Å². The van der Waals surface area contributed by atoms with Gasteiger partial charge in [0.05, 0.1) is 6.04 Å². The van der Waals surface area contributed by atoms with Crippen LogP contribution in [0, 0.1) is 6.92 Å². The van der Waals surface area contributed by atoms with Gasteiger partial charge in [-0.05, 0) is 48.9 Å². The molecule has 1 atom stereocenters. The molecule has 6 heteroatoms. The molecule has 2 heterocycles. The number of aryl methyl sites for hydroxylation is 1. The van der Waals surface area contributed by atoms with Crippen LogP contribution in [0.3, 0.4) is 0 Å². The van der Waals surface area contributed by atoms with Crippen molar-refractivity contribution in [1.29, 1.82) is 0 Å². The van der Waals surface area contributed by atoms with Gasteiger partial charge in [-0.15, -0.1) is 0 Å². The van der Waals surface area contributed by atoms with Crippen molar-refractivity contribution >= 4 is 39.9 Å². The minimum Gasteiger partial charge on any atom is -0.505 e. The van der Waals surface area contributed by atoms with E-state index < -0.39 is 6.04 Å². The van der Waals surface area contributed by atoms with E-state index in [0.717, 1.165) is 16.6 Å². The molecule has 0 aliphatic rings. The molecule has 0 aliphatic carbocycles. The minimum atomic E-state index is -0.466. The second-order valence-corrected chi connectivity index (χ2v) is 7.33. The maximum Gasteiger partial charge on any atom is 0.147 e. The summed E-state index contributed by atoms with van der Waals surface area (Å²) in [5, 5.41) is 16.3. The van der Waals surface area contributed by atoms with E-state index >= 15 is 0 Å². The van der Waals surface area contributed by atoms with Gasteiger partial charge in [-0.25, -0.2) is 4.98 Å². The molecule has 2 N–H and O–H groups in total. The van der Waals surface area contributed by atoms with E-state index in [1.165, 1.54) is 0 Å². The highest BCUT2D eigenvalue weighted by Gasteiger charge is 2.23. The molecule has 0 fully saturated rings. The van der Waals surface area contributed by atoms with Gasteiger partial charge in [0.15, 0.2) is 0 Å². The summed E-state index contributed by atoms with van der Waals surface area (Å²) >= 11 is 12.7. The van der Waals surface area contributed by atoms with Gasteiger partial charge >= 0.3 is 0 Å². The molecule has 0 amide bonds. The Balaban J connectivity index is 1.90. The van der Waals surface area contributed by atoms with E-state index in [-0.39, 0.29) is 5.75 Å². The summed E-state index contributed by atoms with van der Waals surface area (Å²) < 4.78 is 0. The van der Waals surface area contributed by atoms with Crippen LogP contribution in [0.2, 0.25) is 10.0 Å². The quantitative estimate of drug-likeness (QED) is 0.424. The molecule has 2 aromatic heterocycles. The van der Waals surface area contributed by atoms with E-state index in [9.17, 15) is 5.11 Å². The number of hydrogen-bond donors (Lipinski definition) is 2. The molecule has 0 saturated heterocycles. The van der Waals surface area contributed by atoms with E-state index in [2.05, 4.69) is 15.3 Å². The summed E-state index contributed by atoms with van der Waals surface area (Å²) in [6, 6.07) is 18.0. The number of pyridine rings is 2. The van der Waals surface area contributed by atoms with Gasteiger partial charge in [0.25, 0.3) is 0 Å². The molecule has 2 aromatic carbocycles. The lowest BCUT2D eigenvalue weighted by atomic mass is 9.96. The summed E-state index contributed by atoms with van der Waals surface area (Å²) in [4.78, 5) is 8.85. The Morgan fingerprint density at radius 1 is 0.964 bits per heavy atom. The molecule has 1 unspecified atom stereocenters. The van der Waals surface area contributed by atoms with Crippen LogP contribution >= 0.6 is 23.2 Å². The maximum absolute atomic E-state index is 11.0. The van der Waals surface area contributed by atoms with Gasteiger partial charge in [-0.2, -0.15) is 0 Å². The number of hydrogen-bond acceptors (Lipinski definition) is 4. The number of phenols is 1. The Morgan fingerprint density at radius 3 is 2.64 bits per heavy atom. The molecular formula is C22H17Cl2N3O. The van der Waals surface area contributed by atoms with Crippen molar-refractivity contribution in [3.8, 4) is 5.75 Å². The number of nitrogens with one attached hydrogen (secondary N) is 1. The van der Waals surface area contributed by atoms with Gasteiger partial charge < -0.3 is 10.4 Å². The van der Waals surface area contributed by atoms with Crippen molar-refractivity contribution in [3.63, 3.8) is 0 Å². The average Bonchev–Trinajstić information content (AvgIpc) is 2.69. The number of fused-ring (bicyclic) bond motifs is 1. The Hall–Kier alpha value is -2.82. The van der Waals surface area contributed by atoms with E-state index in [1.807, 2.05) is 49.4 Å². The lowest BCUT2D eigenvalue weighted by molar-refractivity contribution is 0.471. The second-order valence-electron chi connectivity index (χ2n) is 6.49. The highest BCUT2D eigenvalue weighted by Crippen LogP contribution is 2.39. The molecular weight excluding hydrogens is 393 g/mol. The normalized spacial score (nSPS) is 12.1. The Labute approximate surface area is 172 Å². The number of aromatic hydroxyl groups is 1. The Kier molecular flexibility index (Phi) is 5.07. The monoisotopic (exact) mass is 409 g/mol. The van der Waals surface area contributed by atoms with Crippen molar-refractivity contribution in [2.24, 2.45) is 0 Å². The molecule has 140 valence electrons. The topological polar surface area (TPSA) is 58.0 Å². The zero-order chi connectivity index (χ0) is 19.7. The molecule has 0 radical (unpaired) electrons. The zero-order valence-corrected chi connectivity index (χ0v) is 16.5. The van der Waals surface area contributed by atoms with Gasteiger partial charge in [-0.1, -0.05) is 47.5 Å². The number of anilines is 1. The number of halogens is 2. The summed E-state index contributed by atoms with van der Waals surface area (Å²) in [7, 11) is 0. The third-order valence-electron chi connectivity index (χ3n) is 4.54. The highest BCUT2D eigenvalue weighted by atomic mass is 35.5. The zero-order valence-electron chi connectivity index (χ0n) is 15.0. The van der Waals surface area contributed by atoms with Gasteiger partial charge in [-0.3, -0.25) is 4.98 Å². The lowest BCUT2D eigenvalue weighted by Crippen LogP contribution is -2.14. The third kappa shape index (κ3) is 3.61. The first-order valence-electron chi connectivity index (χ1n) is 8.74. The summed E-state index contributed by atoms with van der Waals surface area (Å²) in [6.07, 6.45) is 1.66. The molecule has 0 aliphatic heterocycles. The van der Waals surface area contributed by atoms with Crippen LogP contribution in [0.15, 0.2) is 66.9 Å². The number of rotatable bonds is 4. The number of benzene rings is 2. The van der Waals surface area contributed by atoms with Crippen molar-refractivity contribution in [3.05, 3.63) is 93.7 Å². The van der Waals surface area contributed by atoms with E-state index in [0.29, 0.717) is 26.9 Å². The fourth-order valence-corrected chi connectivity index (χ4v) is 3.62. The predicted molar refractivity (Wildman–Crippen MR) is 114 cm³/mol. The molecule has 4 nitrogen and oxygen atoms in total. The van der Waals surface area contributed by atoms with Gasteiger partial charge in [0.2, 0.25) is 0 Å². The minimum absolute atomic E-state index is 0.0966. The molecule has 0 bridgehead atoms. The van der Waals surface area contributed by atoms with Crippen molar-refractivity contribution in [2.45, 2.75) is 13.0 Å². The molecule has 4 aromatic rings. The smallest absolute Gasteiger partial charge is 0.147 e. The third-order valence-corrected chi connectivity index (χ3v) is 5.12. The Morgan fingerprint density at radius 2 is 1.82 bits per heavy atom. The van der Waals surface area contributed by atoms with Crippen LogP contribution in [-0.4, -0.2) is 15.1 Å². The maximum atomic E-state index is 11.0. The standard InChI is InChI=1S/C22H17Cl2N3O/c1-13-4-2-6-19(26-13)27-21(17-12-15(23)8-10-18(17)24)16-9-7-14-5-3-11-25-20(14)22(16)28/h2-12,21,28H,1H3,(H,26,27). The summed E-state index contributed by atoms with van der Waals surface area (Å²) in [5.41, 5.74) is 2.79. The lowest BCUT2D eigenvalue weighted by Gasteiger charge is -2.23. The summed E-state index contributed by atoms with van der Waals surface area (Å²) in [5.74, 6) is 0.765. The van der Waals surface area contributed by atoms with E-state index in [4.69, 9.17) is 23.2 Å². The average molecular weight is 410 g/mol. The van der Waals surface area contributed by atoms with Crippen LogP contribution in [0.4, 0.5) is 5.82 Å². The molecule has 0 saturated carbocycles. The van der Waals surface area contributed by atoms with Crippen LogP contribution < -0.4 is 5.32 Å². The fourth-order valence-electron chi connectivity index (χ4n) is 3.21. The van der Waals surface area contributed by atoms with Crippen LogP contribution in [-0.2, 0) is 0 Å². The van der Waals surface area contributed by atoms with Crippen LogP contribution in [0.5, 0.6) is 5.75 Å². The van der Waals surface area contributed by atoms with Crippen molar-refractivity contribution < 1.29 is 5.11 Å². The van der Waals surface area contributed by atoms with Crippen molar-refractivity contribution in [2.75, 3.05) is 5.32 Å².